The van der Waals surface area contributed by atoms with Crippen molar-refractivity contribution in [3.63, 3.8) is 0 Å². The second kappa shape index (κ2) is 9.13. The van der Waals surface area contributed by atoms with Gasteiger partial charge in [-0.3, -0.25) is 9.58 Å². The maximum absolute atomic E-state index is 10.7. The number of hydrogen-bond acceptors (Lipinski definition) is 4. The predicted octanol–water partition coefficient (Wildman–Crippen LogP) is 2.44. The highest BCUT2D eigenvalue weighted by Crippen LogP contribution is 2.19. The van der Waals surface area contributed by atoms with Crippen LogP contribution in [-0.2, 0) is 13.1 Å². The first-order valence-electron chi connectivity index (χ1n) is 9.42. The third-order valence-corrected chi connectivity index (χ3v) is 4.96. The van der Waals surface area contributed by atoms with Crippen molar-refractivity contribution < 1.29 is 5.11 Å². The molecule has 0 aliphatic carbocycles. The van der Waals surface area contributed by atoms with Crippen LogP contribution < -0.4 is 5.32 Å². The number of aliphatic hydroxyl groups excluding tert-OH is 1. The number of piperidine rings is 1. The Morgan fingerprint density at radius 1 is 1.36 bits per heavy atom. The highest BCUT2D eigenvalue weighted by Gasteiger charge is 2.20. The van der Waals surface area contributed by atoms with Gasteiger partial charge in [-0.15, -0.1) is 0 Å². The van der Waals surface area contributed by atoms with Crippen LogP contribution >= 0.6 is 0 Å². The molecule has 2 unspecified atom stereocenters. The van der Waals surface area contributed by atoms with E-state index in [1.807, 2.05) is 16.9 Å². The number of nitrogens with zero attached hydrogens (tertiary/aromatic N) is 3. The molecule has 1 aromatic carbocycles. The quantitative estimate of drug-likeness (QED) is 0.774. The molecule has 2 heterocycles. The molecule has 1 aliphatic rings. The minimum absolute atomic E-state index is 0.499. The van der Waals surface area contributed by atoms with Gasteiger partial charge in [0, 0.05) is 37.9 Å². The molecule has 5 nitrogen and oxygen atoms in total. The molecule has 2 aromatic rings. The lowest BCUT2D eigenvalue weighted by Crippen LogP contribution is -2.39. The molecule has 2 N–H and O–H groups in total. The van der Waals surface area contributed by atoms with Gasteiger partial charge in [-0.05, 0) is 44.3 Å². The summed E-state index contributed by atoms with van der Waals surface area (Å²) in [6.07, 6.45) is 5.75. The van der Waals surface area contributed by atoms with Crippen molar-refractivity contribution in [2.45, 2.75) is 39.0 Å². The number of nitrogens with one attached hydrogen (secondary N) is 1. The van der Waals surface area contributed by atoms with Gasteiger partial charge in [0.25, 0.3) is 0 Å². The lowest BCUT2D eigenvalue weighted by Gasteiger charge is -2.31. The number of rotatable bonds is 8. The largest absolute Gasteiger partial charge is 0.387 e. The number of aliphatic hydroxyl groups is 1. The average molecular weight is 342 g/mol. The van der Waals surface area contributed by atoms with Crippen molar-refractivity contribution >= 4 is 0 Å². The summed E-state index contributed by atoms with van der Waals surface area (Å²) in [6, 6.07) is 10.5. The molecule has 0 amide bonds. The Kier molecular flexibility index (Phi) is 6.62. The number of aryl methyl sites for hydroxylation is 1. The fourth-order valence-electron chi connectivity index (χ4n) is 3.56. The van der Waals surface area contributed by atoms with E-state index in [9.17, 15) is 5.11 Å². The zero-order valence-corrected chi connectivity index (χ0v) is 15.1. The molecule has 1 saturated heterocycles. The van der Waals surface area contributed by atoms with E-state index < -0.39 is 6.10 Å². The summed E-state index contributed by atoms with van der Waals surface area (Å²) in [5, 5.41) is 18.5. The van der Waals surface area contributed by atoms with E-state index in [2.05, 4.69) is 46.5 Å². The molecule has 136 valence electrons. The highest BCUT2D eigenvalue weighted by molar-refractivity contribution is 5.15. The lowest BCUT2D eigenvalue weighted by atomic mass is 9.98. The lowest BCUT2D eigenvalue weighted by molar-refractivity contribution is 0.0946. The molecule has 1 aromatic heterocycles. The molecule has 2 atom stereocenters. The van der Waals surface area contributed by atoms with Crippen LogP contribution in [-0.4, -0.2) is 46.0 Å². The first kappa shape index (κ1) is 18.1. The van der Waals surface area contributed by atoms with Crippen molar-refractivity contribution in [2.75, 3.05) is 26.2 Å². The summed E-state index contributed by atoms with van der Waals surface area (Å²) in [4.78, 5) is 2.39. The Bertz CT molecular complexity index is 622. The monoisotopic (exact) mass is 342 g/mol. The number of benzene rings is 1. The topological polar surface area (TPSA) is 53.3 Å². The second-order valence-corrected chi connectivity index (χ2v) is 7.04. The third kappa shape index (κ3) is 5.39. The summed E-state index contributed by atoms with van der Waals surface area (Å²) in [7, 11) is 0. The fourth-order valence-corrected chi connectivity index (χ4v) is 3.56. The van der Waals surface area contributed by atoms with Gasteiger partial charge in [-0.1, -0.05) is 30.3 Å². The van der Waals surface area contributed by atoms with E-state index in [1.54, 1.807) is 6.20 Å². The Hall–Kier alpha value is -1.69. The Labute approximate surface area is 150 Å². The van der Waals surface area contributed by atoms with Crippen molar-refractivity contribution in [1.29, 1.82) is 0 Å². The molecular formula is C20H30N4O. The van der Waals surface area contributed by atoms with Crippen LogP contribution in [0.5, 0.6) is 0 Å². The normalized spacial score (nSPS) is 19.2. The maximum Gasteiger partial charge on any atom is 0.0947 e. The van der Waals surface area contributed by atoms with Crippen molar-refractivity contribution in [2.24, 2.45) is 5.92 Å². The molecule has 5 heteroatoms. The van der Waals surface area contributed by atoms with Crippen molar-refractivity contribution in [3.05, 3.63) is 53.9 Å². The smallest absolute Gasteiger partial charge is 0.0947 e. The molecular weight excluding hydrogens is 312 g/mol. The summed E-state index contributed by atoms with van der Waals surface area (Å²) in [6.45, 7) is 7.62. The Morgan fingerprint density at radius 3 is 2.88 bits per heavy atom. The second-order valence-electron chi connectivity index (χ2n) is 7.04. The van der Waals surface area contributed by atoms with Crippen LogP contribution in [0.3, 0.4) is 0 Å². The minimum atomic E-state index is -0.499. The van der Waals surface area contributed by atoms with E-state index in [1.165, 1.54) is 18.4 Å². The van der Waals surface area contributed by atoms with E-state index in [4.69, 9.17) is 0 Å². The van der Waals surface area contributed by atoms with Crippen LogP contribution in [0.25, 0.3) is 0 Å². The minimum Gasteiger partial charge on any atom is -0.387 e. The zero-order valence-electron chi connectivity index (χ0n) is 15.1. The van der Waals surface area contributed by atoms with Gasteiger partial charge >= 0.3 is 0 Å². The molecule has 0 radical (unpaired) electrons. The van der Waals surface area contributed by atoms with Crippen LogP contribution in [0.15, 0.2) is 42.7 Å². The first-order valence-corrected chi connectivity index (χ1v) is 9.42. The summed E-state index contributed by atoms with van der Waals surface area (Å²) >= 11 is 0. The van der Waals surface area contributed by atoms with Crippen molar-refractivity contribution in [3.8, 4) is 0 Å². The fraction of sp³-hybridized carbons (Fsp3) is 0.550. The molecule has 0 saturated carbocycles. The summed E-state index contributed by atoms with van der Waals surface area (Å²) < 4.78 is 1.87. The Morgan fingerprint density at radius 2 is 2.20 bits per heavy atom. The summed E-state index contributed by atoms with van der Waals surface area (Å²) in [5.41, 5.74) is 2.20. The molecule has 0 spiro atoms. The predicted molar refractivity (Wildman–Crippen MR) is 100 cm³/mol. The van der Waals surface area contributed by atoms with Gasteiger partial charge in [0.05, 0.1) is 12.3 Å². The van der Waals surface area contributed by atoms with E-state index in [-0.39, 0.29) is 0 Å². The van der Waals surface area contributed by atoms with E-state index in [0.717, 1.165) is 38.3 Å². The van der Waals surface area contributed by atoms with Crippen LogP contribution in [0, 0.1) is 5.92 Å². The van der Waals surface area contributed by atoms with Crippen LogP contribution in [0.4, 0.5) is 0 Å². The zero-order chi connectivity index (χ0) is 17.5. The van der Waals surface area contributed by atoms with E-state index >= 15 is 0 Å². The average Bonchev–Trinajstić information content (AvgIpc) is 3.13. The molecule has 1 fully saturated rings. The van der Waals surface area contributed by atoms with Crippen LogP contribution in [0.2, 0.25) is 0 Å². The molecule has 25 heavy (non-hydrogen) atoms. The standard InChI is InChI=1S/C20H30N4O/c1-2-24-15-19(12-22-24)20(25)16-23(13-17-7-4-3-5-8-17)14-18-9-6-10-21-11-18/h3-5,7-8,12,15,18,20-21,25H,2,6,9-11,13-14,16H2,1H3. The number of aromatic nitrogens is 2. The maximum atomic E-state index is 10.7. The molecule has 3 rings (SSSR count). The van der Waals surface area contributed by atoms with Gasteiger partial charge < -0.3 is 10.4 Å². The van der Waals surface area contributed by atoms with Gasteiger partial charge in [0.2, 0.25) is 0 Å². The SMILES string of the molecule is CCn1cc(C(O)CN(Cc2ccccc2)CC2CCCNC2)cn1. The molecule has 1 aliphatic heterocycles. The van der Waals surface area contributed by atoms with Gasteiger partial charge in [0.1, 0.15) is 0 Å². The summed E-state index contributed by atoms with van der Waals surface area (Å²) in [5.74, 6) is 0.656. The number of hydrogen-bond donors (Lipinski definition) is 2. The highest BCUT2D eigenvalue weighted by atomic mass is 16.3. The first-order chi connectivity index (χ1) is 12.2. The van der Waals surface area contributed by atoms with E-state index in [0.29, 0.717) is 12.5 Å². The third-order valence-electron chi connectivity index (χ3n) is 4.96. The molecule has 0 bridgehead atoms. The Balaban J connectivity index is 1.65. The van der Waals surface area contributed by atoms with Gasteiger partial charge in [-0.2, -0.15) is 5.10 Å². The van der Waals surface area contributed by atoms with Gasteiger partial charge in [-0.25, -0.2) is 0 Å². The van der Waals surface area contributed by atoms with Crippen molar-refractivity contribution in [1.82, 2.24) is 20.0 Å². The van der Waals surface area contributed by atoms with Gasteiger partial charge in [0.15, 0.2) is 0 Å². The van der Waals surface area contributed by atoms with Crippen LogP contribution in [0.1, 0.15) is 37.0 Å².